The van der Waals surface area contributed by atoms with Gasteiger partial charge in [-0.1, -0.05) is 6.07 Å². The van der Waals surface area contributed by atoms with Gasteiger partial charge in [-0.25, -0.2) is 4.79 Å². The van der Waals surface area contributed by atoms with Gasteiger partial charge in [0.2, 0.25) is 0 Å². The van der Waals surface area contributed by atoms with Crippen molar-refractivity contribution >= 4 is 23.1 Å². The Balaban J connectivity index is 1.67. The fourth-order valence-electron chi connectivity index (χ4n) is 2.34. The molecule has 1 aliphatic heterocycles. The van der Waals surface area contributed by atoms with Crippen LogP contribution in [0.15, 0.2) is 42.5 Å². The van der Waals surface area contributed by atoms with Crippen molar-refractivity contribution in [2.24, 2.45) is 0 Å². The Kier molecular flexibility index (Phi) is 3.44. The lowest BCUT2D eigenvalue weighted by molar-refractivity contribution is 0.262. The van der Waals surface area contributed by atoms with E-state index in [1.165, 1.54) is 5.56 Å². The number of carbonyl (C=O) groups is 1. The zero-order chi connectivity index (χ0) is 14.7. The largest absolute Gasteiger partial charge is 0.384 e. The second-order valence-electron chi connectivity index (χ2n) is 4.82. The normalized spacial score (nSPS) is 12.0. The number of nitrogens with one attached hydrogen (secondary N) is 3. The molecule has 0 unspecified atom stereocenters. The molecule has 0 saturated heterocycles. The zero-order valence-electron chi connectivity index (χ0n) is 11.3. The quantitative estimate of drug-likeness (QED) is 0.789. The summed E-state index contributed by atoms with van der Waals surface area (Å²) in [4.78, 5) is 12.0. The summed E-state index contributed by atoms with van der Waals surface area (Å²) in [7, 11) is 0. The Hall–Kier alpha value is -3.00. The van der Waals surface area contributed by atoms with Crippen molar-refractivity contribution in [3.05, 3.63) is 53.6 Å². The smallest absolute Gasteiger partial charge is 0.323 e. The van der Waals surface area contributed by atoms with E-state index in [1.54, 1.807) is 24.3 Å². The highest BCUT2D eigenvalue weighted by atomic mass is 16.2. The van der Waals surface area contributed by atoms with Gasteiger partial charge in [-0.05, 0) is 48.4 Å². The molecule has 0 spiro atoms. The monoisotopic (exact) mass is 278 g/mol. The Morgan fingerprint density at radius 2 is 1.95 bits per heavy atom. The topological polar surface area (TPSA) is 77.0 Å². The Morgan fingerprint density at radius 1 is 1.14 bits per heavy atom. The molecular weight excluding hydrogens is 264 g/mol. The highest BCUT2D eigenvalue weighted by molar-refractivity contribution is 6.00. The molecule has 0 saturated carbocycles. The van der Waals surface area contributed by atoms with Gasteiger partial charge in [0.25, 0.3) is 0 Å². The number of hydrogen-bond donors (Lipinski definition) is 3. The number of benzene rings is 2. The van der Waals surface area contributed by atoms with Crippen LogP contribution in [0, 0.1) is 11.3 Å². The minimum Gasteiger partial charge on any atom is -0.384 e. The van der Waals surface area contributed by atoms with E-state index in [-0.39, 0.29) is 6.03 Å². The molecule has 0 atom stereocenters. The van der Waals surface area contributed by atoms with Gasteiger partial charge >= 0.3 is 6.03 Å². The fourth-order valence-corrected chi connectivity index (χ4v) is 2.34. The van der Waals surface area contributed by atoms with Crippen LogP contribution in [0.3, 0.4) is 0 Å². The molecule has 1 aliphatic rings. The van der Waals surface area contributed by atoms with Crippen LogP contribution in [0.4, 0.5) is 21.9 Å². The maximum Gasteiger partial charge on any atom is 0.323 e. The summed E-state index contributed by atoms with van der Waals surface area (Å²) in [6.07, 6.45) is 0.969. The van der Waals surface area contributed by atoms with E-state index in [0.717, 1.165) is 24.3 Å². The van der Waals surface area contributed by atoms with E-state index in [2.05, 4.69) is 16.0 Å². The van der Waals surface area contributed by atoms with E-state index in [0.29, 0.717) is 11.3 Å². The molecule has 5 nitrogen and oxygen atoms in total. The van der Waals surface area contributed by atoms with Crippen molar-refractivity contribution in [3.63, 3.8) is 0 Å². The number of fused-ring (bicyclic) bond motifs is 1. The Labute approximate surface area is 122 Å². The summed E-state index contributed by atoms with van der Waals surface area (Å²) in [5.74, 6) is 0. The van der Waals surface area contributed by atoms with Crippen LogP contribution in [0.2, 0.25) is 0 Å². The summed E-state index contributed by atoms with van der Waals surface area (Å²) in [6.45, 7) is 0.936. The van der Waals surface area contributed by atoms with Crippen LogP contribution < -0.4 is 16.0 Å². The average molecular weight is 278 g/mol. The number of urea groups is 1. The van der Waals surface area contributed by atoms with E-state index < -0.39 is 0 Å². The summed E-state index contributed by atoms with van der Waals surface area (Å²) in [5.41, 5.74) is 4.19. The molecule has 0 bridgehead atoms. The molecule has 1 heterocycles. The third-order valence-corrected chi connectivity index (χ3v) is 3.32. The fraction of sp³-hybridized carbons (Fsp3) is 0.125. The lowest BCUT2D eigenvalue weighted by Gasteiger charge is -2.09. The average Bonchev–Trinajstić information content (AvgIpc) is 2.95. The molecule has 2 aromatic rings. The van der Waals surface area contributed by atoms with Gasteiger partial charge in [-0.2, -0.15) is 5.26 Å². The third-order valence-electron chi connectivity index (χ3n) is 3.32. The first-order chi connectivity index (χ1) is 10.2. The van der Waals surface area contributed by atoms with Crippen molar-refractivity contribution in [2.75, 3.05) is 22.5 Å². The van der Waals surface area contributed by atoms with Crippen LogP contribution >= 0.6 is 0 Å². The molecule has 2 amide bonds. The predicted molar refractivity (Wildman–Crippen MR) is 82.4 cm³/mol. The number of rotatable bonds is 2. The highest BCUT2D eigenvalue weighted by Gasteiger charge is 2.11. The van der Waals surface area contributed by atoms with Crippen LogP contribution in [0.5, 0.6) is 0 Å². The number of nitriles is 1. The van der Waals surface area contributed by atoms with Gasteiger partial charge in [0.1, 0.15) is 0 Å². The molecular formula is C16H14N4O. The van der Waals surface area contributed by atoms with Crippen LogP contribution in [-0.2, 0) is 6.42 Å². The second kappa shape index (κ2) is 5.55. The van der Waals surface area contributed by atoms with Crippen LogP contribution in [-0.4, -0.2) is 12.6 Å². The van der Waals surface area contributed by atoms with Crippen molar-refractivity contribution in [3.8, 4) is 6.07 Å². The van der Waals surface area contributed by atoms with Crippen molar-refractivity contribution < 1.29 is 4.79 Å². The summed E-state index contributed by atoms with van der Waals surface area (Å²) in [5, 5.41) is 17.6. The van der Waals surface area contributed by atoms with Gasteiger partial charge in [-0.15, -0.1) is 0 Å². The number of carbonyl (C=O) groups excluding carboxylic acids is 1. The van der Waals surface area contributed by atoms with E-state index in [1.807, 2.05) is 24.3 Å². The van der Waals surface area contributed by atoms with Gasteiger partial charge in [0.05, 0.1) is 11.6 Å². The predicted octanol–water partition coefficient (Wildman–Crippen LogP) is 3.17. The molecule has 3 rings (SSSR count). The molecule has 5 heteroatoms. The maximum atomic E-state index is 12.0. The maximum absolute atomic E-state index is 12.0. The first-order valence-corrected chi connectivity index (χ1v) is 6.69. The molecule has 0 fully saturated rings. The van der Waals surface area contributed by atoms with Crippen molar-refractivity contribution in [2.45, 2.75) is 6.42 Å². The van der Waals surface area contributed by atoms with E-state index in [4.69, 9.17) is 5.26 Å². The van der Waals surface area contributed by atoms with Crippen LogP contribution in [0.1, 0.15) is 11.1 Å². The number of anilines is 3. The number of nitrogens with zero attached hydrogens (tertiary/aromatic N) is 1. The summed E-state index contributed by atoms with van der Waals surface area (Å²) < 4.78 is 0. The first kappa shape index (κ1) is 13.0. The minimum atomic E-state index is -0.323. The van der Waals surface area contributed by atoms with Gasteiger partial charge in [0.15, 0.2) is 0 Å². The molecule has 2 aromatic carbocycles. The zero-order valence-corrected chi connectivity index (χ0v) is 11.3. The third kappa shape index (κ3) is 2.95. The van der Waals surface area contributed by atoms with Gasteiger partial charge in [0, 0.05) is 23.6 Å². The molecule has 3 N–H and O–H groups in total. The lowest BCUT2D eigenvalue weighted by Crippen LogP contribution is -2.19. The van der Waals surface area contributed by atoms with Gasteiger partial charge < -0.3 is 16.0 Å². The van der Waals surface area contributed by atoms with Gasteiger partial charge in [-0.3, -0.25) is 0 Å². The standard InChI is InChI=1S/C16H14N4O/c17-10-11-2-1-3-13(8-11)19-16(21)20-14-4-5-15-12(9-14)6-7-18-15/h1-5,8-9,18H,6-7H2,(H2,19,20,21). The second-order valence-corrected chi connectivity index (χ2v) is 4.82. The van der Waals surface area contributed by atoms with E-state index >= 15 is 0 Å². The first-order valence-electron chi connectivity index (χ1n) is 6.69. The van der Waals surface area contributed by atoms with Crippen LogP contribution in [0.25, 0.3) is 0 Å². The Morgan fingerprint density at radius 3 is 2.76 bits per heavy atom. The highest BCUT2D eigenvalue weighted by Crippen LogP contribution is 2.25. The molecule has 0 aliphatic carbocycles. The number of hydrogen-bond acceptors (Lipinski definition) is 3. The number of amides is 2. The van der Waals surface area contributed by atoms with Crippen molar-refractivity contribution in [1.29, 1.82) is 5.26 Å². The lowest BCUT2D eigenvalue weighted by atomic mass is 10.1. The summed E-state index contributed by atoms with van der Waals surface area (Å²) in [6, 6.07) is 14.3. The minimum absolute atomic E-state index is 0.323. The molecule has 104 valence electrons. The molecule has 0 radical (unpaired) electrons. The Bertz CT molecular complexity index is 733. The van der Waals surface area contributed by atoms with Crippen molar-refractivity contribution in [1.82, 2.24) is 0 Å². The van der Waals surface area contributed by atoms with E-state index in [9.17, 15) is 4.79 Å². The summed E-state index contributed by atoms with van der Waals surface area (Å²) >= 11 is 0. The molecule has 21 heavy (non-hydrogen) atoms. The molecule has 0 aromatic heterocycles. The SMILES string of the molecule is N#Cc1cccc(NC(=O)Nc2ccc3c(c2)CCN3)c1.